The molecule has 5 nitrogen and oxygen atoms in total. The molecule has 0 fully saturated rings. The van der Waals surface area contributed by atoms with Crippen LogP contribution < -0.4 is 5.32 Å². The summed E-state index contributed by atoms with van der Waals surface area (Å²) in [6, 6.07) is 1.36. The van der Waals surface area contributed by atoms with E-state index in [2.05, 4.69) is 21.2 Å². The lowest BCUT2D eigenvalue weighted by Crippen LogP contribution is -2.32. The molecule has 6 heteroatoms. The van der Waals surface area contributed by atoms with Crippen LogP contribution in [0.25, 0.3) is 0 Å². The SMILES string of the molecule is CC(CCC(=O)O)NC(=O)c1ccoc1Br. The van der Waals surface area contributed by atoms with E-state index in [-0.39, 0.29) is 18.4 Å². The van der Waals surface area contributed by atoms with Gasteiger partial charge in [-0.05, 0) is 35.3 Å². The number of rotatable bonds is 5. The van der Waals surface area contributed by atoms with Gasteiger partial charge in [0.15, 0.2) is 4.67 Å². The van der Waals surface area contributed by atoms with E-state index in [1.54, 1.807) is 13.0 Å². The molecule has 0 aliphatic heterocycles. The zero-order valence-electron chi connectivity index (χ0n) is 8.70. The average molecular weight is 290 g/mol. The van der Waals surface area contributed by atoms with Crippen LogP contribution in [0.5, 0.6) is 0 Å². The van der Waals surface area contributed by atoms with Crippen molar-refractivity contribution >= 4 is 27.8 Å². The van der Waals surface area contributed by atoms with Crippen molar-refractivity contribution in [2.75, 3.05) is 0 Å². The van der Waals surface area contributed by atoms with Gasteiger partial charge < -0.3 is 14.8 Å². The van der Waals surface area contributed by atoms with Gasteiger partial charge >= 0.3 is 5.97 Å². The fraction of sp³-hybridized carbons (Fsp3) is 0.400. The normalized spacial score (nSPS) is 12.1. The molecule has 0 aliphatic rings. The van der Waals surface area contributed by atoms with Gasteiger partial charge in [-0.15, -0.1) is 0 Å². The molecule has 0 bridgehead atoms. The Morgan fingerprint density at radius 2 is 2.31 bits per heavy atom. The molecule has 0 radical (unpaired) electrons. The summed E-state index contributed by atoms with van der Waals surface area (Å²) < 4.78 is 5.30. The Kier molecular flexibility index (Phi) is 4.54. The number of aliphatic carboxylic acids is 1. The quantitative estimate of drug-likeness (QED) is 0.869. The van der Waals surface area contributed by atoms with Crippen LogP contribution in [0.1, 0.15) is 30.1 Å². The predicted molar refractivity (Wildman–Crippen MR) is 60.2 cm³/mol. The molecular weight excluding hydrogens is 278 g/mol. The molecule has 0 spiro atoms. The zero-order valence-corrected chi connectivity index (χ0v) is 10.3. The highest BCUT2D eigenvalue weighted by molar-refractivity contribution is 9.10. The Morgan fingerprint density at radius 1 is 1.62 bits per heavy atom. The standard InChI is InChI=1S/C10H12BrNO4/c1-6(2-3-8(13)14)12-10(15)7-4-5-16-9(7)11/h4-6H,2-3H2,1H3,(H,12,15)(H,13,14). The summed E-state index contributed by atoms with van der Waals surface area (Å²) in [7, 11) is 0. The van der Waals surface area contributed by atoms with Crippen molar-refractivity contribution in [3.8, 4) is 0 Å². The van der Waals surface area contributed by atoms with Gasteiger partial charge in [0.05, 0.1) is 11.8 Å². The van der Waals surface area contributed by atoms with Crippen molar-refractivity contribution in [3.63, 3.8) is 0 Å². The minimum Gasteiger partial charge on any atom is -0.481 e. The first-order valence-electron chi connectivity index (χ1n) is 4.76. The monoisotopic (exact) mass is 289 g/mol. The highest BCUT2D eigenvalue weighted by Crippen LogP contribution is 2.17. The Bertz CT molecular complexity index is 388. The number of carbonyl (C=O) groups is 2. The first-order valence-corrected chi connectivity index (χ1v) is 5.55. The second-order valence-electron chi connectivity index (χ2n) is 3.41. The smallest absolute Gasteiger partial charge is 0.303 e. The van der Waals surface area contributed by atoms with Crippen molar-refractivity contribution in [3.05, 3.63) is 22.6 Å². The van der Waals surface area contributed by atoms with Crippen LogP contribution in [-0.4, -0.2) is 23.0 Å². The molecule has 0 saturated carbocycles. The van der Waals surface area contributed by atoms with Gasteiger partial charge in [0.1, 0.15) is 0 Å². The Hall–Kier alpha value is -1.30. The molecule has 2 N–H and O–H groups in total. The average Bonchev–Trinajstić information content (AvgIpc) is 2.61. The lowest BCUT2D eigenvalue weighted by Gasteiger charge is -2.11. The summed E-state index contributed by atoms with van der Waals surface area (Å²) in [4.78, 5) is 22.0. The van der Waals surface area contributed by atoms with E-state index in [4.69, 9.17) is 9.52 Å². The molecule has 1 amide bonds. The maximum absolute atomic E-state index is 11.6. The molecule has 0 saturated heterocycles. The van der Waals surface area contributed by atoms with Crippen molar-refractivity contribution in [2.24, 2.45) is 0 Å². The van der Waals surface area contributed by atoms with Gasteiger partial charge in [0, 0.05) is 12.5 Å². The summed E-state index contributed by atoms with van der Waals surface area (Å²) in [5, 5.41) is 11.2. The molecule has 1 unspecified atom stereocenters. The maximum Gasteiger partial charge on any atom is 0.303 e. The Balaban J connectivity index is 2.46. The van der Waals surface area contributed by atoms with E-state index in [9.17, 15) is 9.59 Å². The van der Waals surface area contributed by atoms with Crippen LogP contribution >= 0.6 is 15.9 Å². The third-order valence-electron chi connectivity index (χ3n) is 2.03. The molecule has 0 aromatic carbocycles. The summed E-state index contributed by atoms with van der Waals surface area (Å²) in [5.41, 5.74) is 0.405. The van der Waals surface area contributed by atoms with Gasteiger partial charge in [0.25, 0.3) is 5.91 Å². The van der Waals surface area contributed by atoms with Crippen LogP contribution in [0.3, 0.4) is 0 Å². The van der Waals surface area contributed by atoms with Crippen molar-refractivity contribution in [2.45, 2.75) is 25.8 Å². The summed E-state index contributed by atoms with van der Waals surface area (Å²) in [6.45, 7) is 1.76. The van der Waals surface area contributed by atoms with E-state index in [0.717, 1.165) is 0 Å². The van der Waals surface area contributed by atoms with E-state index in [1.165, 1.54) is 6.26 Å². The minimum atomic E-state index is -0.870. The van der Waals surface area contributed by atoms with Gasteiger partial charge in [-0.3, -0.25) is 9.59 Å². The van der Waals surface area contributed by atoms with E-state index >= 15 is 0 Å². The Morgan fingerprint density at radius 3 is 2.81 bits per heavy atom. The largest absolute Gasteiger partial charge is 0.481 e. The summed E-state index contributed by atoms with van der Waals surface area (Å²) in [6.07, 6.45) is 1.84. The molecule has 1 heterocycles. The number of carboxylic acid groups (broad SMARTS) is 1. The topological polar surface area (TPSA) is 79.5 Å². The van der Waals surface area contributed by atoms with Gasteiger partial charge in [-0.25, -0.2) is 0 Å². The van der Waals surface area contributed by atoms with E-state index in [0.29, 0.717) is 16.7 Å². The van der Waals surface area contributed by atoms with Crippen LogP contribution in [0.2, 0.25) is 0 Å². The summed E-state index contributed by atoms with van der Waals surface area (Å²) >= 11 is 3.10. The van der Waals surface area contributed by atoms with Crippen molar-refractivity contribution in [1.29, 1.82) is 0 Å². The number of carbonyl (C=O) groups excluding carboxylic acids is 1. The van der Waals surface area contributed by atoms with Gasteiger partial charge in [0.2, 0.25) is 0 Å². The number of carboxylic acids is 1. The third-order valence-corrected chi connectivity index (χ3v) is 2.65. The minimum absolute atomic E-state index is 0.0357. The van der Waals surface area contributed by atoms with Crippen LogP contribution in [0, 0.1) is 0 Å². The number of amides is 1. The first kappa shape index (κ1) is 12.8. The fourth-order valence-corrected chi connectivity index (χ4v) is 1.59. The molecule has 1 aromatic rings. The summed E-state index contributed by atoms with van der Waals surface area (Å²) in [5.74, 6) is -1.15. The maximum atomic E-state index is 11.6. The molecular formula is C10H12BrNO4. The van der Waals surface area contributed by atoms with Gasteiger partial charge in [-0.1, -0.05) is 0 Å². The predicted octanol–water partition coefficient (Wildman–Crippen LogP) is 2.03. The van der Waals surface area contributed by atoms with Gasteiger partial charge in [-0.2, -0.15) is 0 Å². The molecule has 1 rings (SSSR count). The number of hydrogen-bond donors (Lipinski definition) is 2. The molecule has 88 valence electrons. The van der Waals surface area contributed by atoms with E-state index in [1.807, 2.05) is 0 Å². The highest BCUT2D eigenvalue weighted by Gasteiger charge is 2.15. The molecule has 1 atom stereocenters. The molecule has 1 aromatic heterocycles. The lowest BCUT2D eigenvalue weighted by molar-refractivity contribution is -0.137. The molecule has 16 heavy (non-hydrogen) atoms. The lowest BCUT2D eigenvalue weighted by atomic mass is 10.1. The van der Waals surface area contributed by atoms with Crippen molar-refractivity contribution in [1.82, 2.24) is 5.32 Å². The molecule has 0 aliphatic carbocycles. The highest BCUT2D eigenvalue weighted by atomic mass is 79.9. The van der Waals surface area contributed by atoms with Crippen LogP contribution in [-0.2, 0) is 4.79 Å². The van der Waals surface area contributed by atoms with Crippen LogP contribution in [0.4, 0.5) is 0 Å². The Labute approximate surface area is 101 Å². The van der Waals surface area contributed by atoms with E-state index < -0.39 is 5.97 Å². The van der Waals surface area contributed by atoms with Crippen LogP contribution in [0.15, 0.2) is 21.4 Å². The first-order chi connectivity index (χ1) is 7.50. The fourth-order valence-electron chi connectivity index (χ4n) is 1.17. The third kappa shape index (κ3) is 3.69. The van der Waals surface area contributed by atoms with Crippen molar-refractivity contribution < 1.29 is 19.1 Å². The second-order valence-corrected chi connectivity index (χ2v) is 4.14. The number of hydrogen-bond acceptors (Lipinski definition) is 3. The second kappa shape index (κ2) is 5.69. The number of halogens is 1. The zero-order chi connectivity index (χ0) is 12.1. The number of nitrogens with one attached hydrogen (secondary N) is 1. The number of furan rings is 1.